The van der Waals surface area contributed by atoms with Gasteiger partial charge in [0.05, 0.1) is 0 Å². The van der Waals surface area contributed by atoms with Crippen molar-refractivity contribution in [1.29, 1.82) is 0 Å². The van der Waals surface area contributed by atoms with Gasteiger partial charge in [0.15, 0.2) is 0 Å². The molecule has 0 aromatic heterocycles. The molecular formula is C21H29Cl2F3Zr-2. The van der Waals surface area contributed by atoms with E-state index in [1.165, 1.54) is 33.4 Å². The summed E-state index contributed by atoms with van der Waals surface area (Å²) in [5.41, 5.74) is 8.49. The van der Waals surface area contributed by atoms with Crippen molar-refractivity contribution in [1.82, 2.24) is 0 Å². The van der Waals surface area contributed by atoms with E-state index in [1.54, 1.807) is 0 Å². The Morgan fingerprint density at radius 2 is 1.00 bits per heavy atom. The van der Waals surface area contributed by atoms with Crippen LogP contribution >= 0.6 is 0 Å². The standard InChI is InChI=1S/2C9H13.C3H3F3.2ClH.Zr/c2*1-6-5-7(2)9(4)8(6)3;1-2-3(4,5)6;;;/h2*6H,1-4H3;1H3;2*1H;/q2*-1;;;;+2/p-2. The number of halogens is 5. The van der Waals surface area contributed by atoms with Gasteiger partial charge in [-0.2, -0.15) is 22.3 Å². The molecule has 0 nitrogen and oxygen atoms in total. The summed E-state index contributed by atoms with van der Waals surface area (Å²) in [6.45, 7) is 18.4. The summed E-state index contributed by atoms with van der Waals surface area (Å²) in [5.74, 6) is 1.12. The molecule has 0 radical (unpaired) electrons. The fraction of sp³-hybridized carbons (Fsp3) is 0.571. The quantitative estimate of drug-likeness (QED) is 0.431. The second-order valence-electron chi connectivity index (χ2n) is 6.72. The Bertz CT molecular complexity index is 594. The molecule has 2 atom stereocenters. The third-order valence-electron chi connectivity index (χ3n) is 4.90. The van der Waals surface area contributed by atoms with Crippen LogP contribution in [0.1, 0.15) is 62.3 Å². The van der Waals surface area contributed by atoms with Crippen LogP contribution in [-0.2, 0) is 24.2 Å². The molecule has 0 amide bonds. The summed E-state index contributed by atoms with van der Waals surface area (Å²) >= 11 is 0.444. The van der Waals surface area contributed by atoms with Gasteiger partial charge in [0.25, 0.3) is 0 Å². The minimum Gasteiger partial charge on any atom is -1.00 e. The maximum atomic E-state index is 11.2. The van der Waals surface area contributed by atoms with E-state index in [0.29, 0.717) is 36.1 Å². The Morgan fingerprint density at radius 3 is 1.04 bits per heavy atom. The smallest absolute Gasteiger partial charge is 1.00 e. The normalized spacial score (nSPS) is 21.1. The number of alkyl halides is 3. The van der Waals surface area contributed by atoms with Gasteiger partial charge in [-0.05, 0) is 0 Å². The van der Waals surface area contributed by atoms with Crippen molar-refractivity contribution in [3.05, 3.63) is 45.6 Å². The maximum Gasteiger partial charge on any atom is -1.00 e. The fourth-order valence-electron chi connectivity index (χ4n) is 2.32. The van der Waals surface area contributed by atoms with E-state index in [9.17, 15) is 13.2 Å². The third kappa shape index (κ3) is 10.4. The first-order valence-electron chi connectivity index (χ1n) is 8.38. The van der Waals surface area contributed by atoms with Crippen molar-refractivity contribution in [3.8, 4) is 0 Å². The molecule has 0 saturated heterocycles. The number of hydrogen-bond acceptors (Lipinski definition) is 0. The summed E-state index contributed by atoms with van der Waals surface area (Å²) in [5, 5.41) is 0. The average molecular weight is 501 g/mol. The van der Waals surface area contributed by atoms with Gasteiger partial charge < -0.3 is 24.8 Å². The van der Waals surface area contributed by atoms with Crippen molar-refractivity contribution in [3.63, 3.8) is 0 Å². The molecule has 0 heterocycles. The van der Waals surface area contributed by atoms with Crippen molar-refractivity contribution in [2.75, 3.05) is 0 Å². The Hall–Kier alpha value is 0.0831. The fourth-order valence-corrected chi connectivity index (χ4v) is 2.32. The van der Waals surface area contributed by atoms with Crippen LogP contribution in [0.5, 0.6) is 0 Å². The first kappa shape index (κ1) is 31.8. The van der Waals surface area contributed by atoms with Gasteiger partial charge in [-0.25, -0.2) is 11.1 Å². The Morgan fingerprint density at radius 1 is 0.778 bits per heavy atom. The zero-order chi connectivity index (χ0) is 20.1. The van der Waals surface area contributed by atoms with Crippen molar-refractivity contribution < 1.29 is 62.2 Å². The Balaban J connectivity index is -0.000000312. The van der Waals surface area contributed by atoms with E-state index in [1.807, 2.05) is 0 Å². The van der Waals surface area contributed by atoms with Gasteiger partial charge in [-0.15, -0.1) is 13.8 Å². The molecule has 27 heavy (non-hydrogen) atoms. The minimum absolute atomic E-state index is 0. The molecular weight excluding hydrogens is 471 g/mol. The molecule has 0 bridgehead atoms. The first-order valence-corrected chi connectivity index (χ1v) is 9.61. The summed E-state index contributed by atoms with van der Waals surface area (Å²) in [4.78, 5) is 0. The number of allylic oxidation sites excluding steroid dienone is 8. The summed E-state index contributed by atoms with van der Waals surface area (Å²) in [7, 11) is 0. The van der Waals surface area contributed by atoms with Gasteiger partial charge in [-0.1, -0.05) is 53.4 Å². The Labute approximate surface area is 190 Å². The second-order valence-corrected chi connectivity index (χ2v) is 8.56. The summed E-state index contributed by atoms with van der Waals surface area (Å²) in [6.07, 6.45) is 2.67. The molecule has 0 aromatic carbocycles. The van der Waals surface area contributed by atoms with E-state index in [2.05, 4.69) is 67.5 Å². The average Bonchev–Trinajstić information content (AvgIpc) is 2.84. The topological polar surface area (TPSA) is 0 Å². The molecule has 0 saturated carbocycles. The molecule has 2 aliphatic carbocycles. The SMILES string of the molecule is CC1=[C-]C(C)C(C)=C1C.CC1=[C-]C(C)C(C)=C1C.C[C](=[Zr+2])C(F)(F)F.[Cl-].[Cl-]. The van der Waals surface area contributed by atoms with Gasteiger partial charge >= 0.3 is 53.7 Å². The predicted octanol–water partition coefficient (Wildman–Crippen LogP) is 0.740. The Kier molecular flexibility index (Phi) is 15.7. The molecule has 6 heteroatoms. The molecule has 154 valence electrons. The van der Waals surface area contributed by atoms with Crippen LogP contribution in [0.3, 0.4) is 0 Å². The van der Waals surface area contributed by atoms with Gasteiger partial charge in [-0.3, -0.25) is 12.2 Å². The van der Waals surface area contributed by atoms with Gasteiger partial charge in [0.2, 0.25) is 0 Å². The van der Waals surface area contributed by atoms with Crippen LogP contribution < -0.4 is 24.8 Å². The zero-order valence-electron chi connectivity index (χ0n) is 17.5. The number of rotatable bonds is 0. The molecule has 0 fully saturated rings. The van der Waals surface area contributed by atoms with Gasteiger partial charge in [0.1, 0.15) is 0 Å². The molecule has 2 unspecified atom stereocenters. The monoisotopic (exact) mass is 498 g/mol. The van der Waals surface area contributed by atoms with Gasteiger partial charge in [0, 0.05) is 0 Å². The van der Waals surface area contributed by atoms with Crippen molar-refractivity contribution in [2.24, 2.45) is 11.8 Å². The van der Waals surface area contributed by atoms with Crippen LogP contribution in [0, 0.1) is 24.0 Å². The van der Waals surface area contributed by atoms with Crippen molar-refractivity contribution in [2.45, 2.75) is 68.5 Å². The number of hydrogen-bond donors (Lipinski definition) is 0. The molecule has 2 rings (SSSR count). The molecule has 0 spiro atoms. The van der Waals surface area contributed by atoms with Crippen LogP contribution in [0.2, 0.25) is 0 Å². The third-order valence-corrected chi connectivity index (χ3v) is 5.60. The van der Waals surface area contributed by atoms with E-state index in [4.69, 9.17) is 0 Å². The summed E-state index contributed by atoms with van der Waals surface area (Å²) < 4.78 is 33.1. The van der Waals surface area contributed by atoms with E-state index in [-0.39, 0.29) is 24.8 Å². The molecule has 0 aliphatic heterocycles. The van der Waals surface area contributed by atoms with E-state index < -0.39 is 9.38 Å². The van der Waals surface area contributed by atoms with Crippen LogP contribution in [0.15, 0.2) is 33.4 Å². The zero-order valence-corrected chi connectivity index (χ0v) is 21.5. The van der Waals surface area contributed by atoms with E-state index in [0.717, 1.165) is 6.92 Å². The molecule has 2 aliphatic rings. The van der Waals surface area contributed by atoms with Crippen LogP contribution in [0.25, 0.3) is 0 Å². The van der Waals surface area contributed by atoms with Crippen molar-refractivity contribution >= 4 is 3.21 Å². The summed E-state index contributed by atoms with van der Waals surface area (Å²) in [6, 6.07) is 0. The minimum atomic E-state index is -4.04. The predicted molar refractivity (Wildman–Crippen MR) is 96.7 cm³/mol. The van der Waals surface area contributed by atoms with Crippen LogP contribution in [-0.4, -0.2) is 9.38 Å². The first-order chi connectivity index (χ1) is 11.2. The largest absolute Gasteiger partial charge is 1.00 e. The van der Waals surface area contributed by atoms with E-state index >= 15 is 0 Å². The van der Waals surface area contributed by atoms with Crippen LogP contribution in [0.4, 0.5) is 13.2 Å². The molecule has 0 aromatic rings. The molecule has 0 N–H and O–H groups in total. The maximum absolute atomic E-state index is 11.2. The second kappa shape index (κ2) is 13.3.